The van der Waals surface area contributed by atoms with Crippen molar-refractivity contribution < 1.29 is 0 Å². The Morgan fingerprint density at radius 1 is 1.04 bits per heavy atom. The van der Waals surface area contributed by atoms with Crippen LogP contribution < -0.4 is 5.32 Å². The first kappa shape index (κ1) is 16.2. The summed E-state index contributed by atoms with van der Waals surface area (Å²) >= 11 is 0. The van der Waals surface area contributed by atoms with Crippen LogP contribution in [0.15, 0.2) is 48.7 Å². The molecular weight excluding hydrogens is 306 g/mol. The van der Waals surface area contributed by atoms with Crippen molar-refractivity contribution in [3.63, 3.8) is 0 Å². The number of aryl methyl sites for hydroxylation is 2. The van der Waals surface area contributed by atoms with Crippen molar-refractivity contribution in [3.05, 3.63) is 65.5 Å². The maximum atomic E-state index is 4.87. The second-order valence-corrected chi connectivity index (χ2v) is 8.20. The number of fused-ring (bicyclic) bond motifs is 1. The fourth-order valence-corrected chi connectivity index (χ4v) is 3.23. The molecule has 130 valence electrons. The molecule has 0 atom stereocenters. The van der Waals surface area contributed by atoms with Gasteiger partial charge < -0.3 is 5.32 Å². The van der Waals surface area contributed by atoms with E-state index < -0.39 is 0 Å². The molecule has 2 heterocycles. The Morgan fingerprint density at radius 2 is 1.80 bits per heavy atom. The van der Waals surface area contributed by atoms with E-state index in [1.807, 2.05) is 0 Å². The molecule has 1 N–H and O–H groups in total. The summed E-state index contributed by atoms with van der Waals surface area (Å²) in [7, 11) is 0. The third-order valence-electron chi connectivity index (χ3n) is 4.99. The van der Waals surface area contributed by atoms with Crippen molar-refractivity contribution in [3.8, 4) is 0 Å². The number of rotatable bonds is 5. The quantitative estimate of drug-likeness (QED) is 0.712. The van der Waals surface area contributed by atoms with E-state index in [9.17, 15) is 0 Å². The van der Waals surface area contributed by atoms with Gasteiger partial charge in [-0.2, -0.15) is 0 Å². The van der Waals surface area contributed by atoms with Gasteiger partial charge in [-0.1, -0.05) is 51.1 Å². The van der Waals surface area contributed by atoms with Gasteiger partial charge in [0.2, 0.25) is 0 Å². The van der Waals surface area contributed by atoms with Crippen LogP contribution in [0.5, 0.6) is 0 Å². The number of nitrogens with zero attached hydrogens (tertiary/aromatic N) is 2. The molecule has 0 unspecified atom stereocenters. The van der Waals surface area contributed by atoms with Crippen molar-refractivity contribution >= 4 is 11.5 Å². The molecule has 2 aromatic heterocycles. The first-order chi connectivity index (χ1) is 12.0. The highest BCUT2D eigenvalue weighted by atomic mass is 15.2. The van der Waals surface area contributed by atoms with Gasteiger partial charge in [0, 0.05) is 12.2 Å². The predicted molar refractivity (Wildman–Crippen MR) is 104 cm³/mol. The van der Waals surface area contributed by atoms with Gasteiger partial charge in [-0.3, -0.25) is 4.40 Å². The predicted octanol–water partition coefficient (Wildman–Crippen LogP) is 4.99. The number of imidazole rings is 1. The van der Waals surface area contributed by atoms with Gasteiger partial charge in [0.25, 0.3) is 0 Å². The van der Waals surface area contributed by atoms with Gasteiger partial charge in [0.15, 0.2) is 0 Å². The average Bonchev–Trinajstić information content (AvgIpc) is 3.34. The minimum Gasteiger partial charge on any atom is -0.367 e. The number of anilines is 1. The minimum absolute atomic E-state index is 0.210. The highest BCUT2D eigenvalue weighted by molar-refractivity contribution is 5.56. The first-order valence-electron chi connectivity index (χ1n) is 9.32. The van der Waals surface area contributed by atoms with E-state index in [1.165, 1.54) is 35.5 Å². The highest BCUT2D eigenvalue weighted by Crippen LogP contribution is 2.28. The molecule has 1 saturated carbocycles. The van der Waals surface area contributed by atoms with E-state index in [2.05, 4.69) is 79.2 Å². The summed E-state index contributed by atoms with van der Waals surface area (Å²) in [6.07, 6.45) is 6.63. The molecule has 1 aromatic carbocycles. The van der Waals surface area contributed by atoms with Gasteiger partial charge in [-0.25, -0.2) is 4.98 Å². The zero-order valence-corrected chi connectivity index (χ0v) is 15.4. The smallest absolute Gasteiger partial charge is 0.138 e. The van der Waals surface area contributed by atoms with Crippen LogP contribution in [0.4, 0.5) is 5.82 Å². The topological polar surface area (TPSA) is 29.3 Å². The van der Waals surface area contributed by atoms with Crippen LogP contribution in [-0.4, -0.2) is 15.4 Å². The first-order valence-corrected chi connectivity index (χ1v) is 9.32. The van der Waals surface area contributed by atoms with Crippen LogP contribution in [0, 0.1) is 0 Å². The van der Waals surface area contributed by atoms with Gasteiger partial charge in [0.1, 0.15) is 11.5 Å². The van der Waals surface area contributed by atoms with Crippen molar-refractivity contribution in [2.24, 2.45) is 0 Å². The van der Waals surface area contributed by atoms with Crippen LogP contribution in [0.1, 0.15) is 50.4 Å². The summed E-state index contributed by atoms with van der Waals surface area (Å²) in [5.74, 6) is 1.18. The third-order valence-corrected chi connectivity index (χ3v) is 4.99. The Hall–Kier alpha value is -2.29. The third kappa shape index (κ3) is 3.55. The maximum absolute atomic E-state index is 4.87. The summed E-state index contributed by atoms with van der Waals surface area (Å²) in [6.45, 7) is 6.78. The SMILES string of the molecule is CC(C)(C)c1ccc(CCc2nc3ccccn3c2NC2CC2)cc1. The molecule has 0 amide bonds. The summed E-state index contributed by atoms with van der Waals surface area (Å²) in [5.41, 5.74) is 5.19. The summed E-state index contributed by atoms with van der Waals surface area (Å²) in [6, 6.07) is 15.9. The van der Waals surface area contributed by atoms with E-state index in [0.717, 1.165) is 18.5 Å². The molecule has 3 aromatic rings. The van der Waals surface area contributed by atoms with Crippen LogP contribution in [0.2, 0.25) is 0 Å². The zero-order chi connectivity index (χ0) is 17.4. The summed E-state index contributed by atoms with van der Waals surface area (Å²) in [5, 5.41) is 3.67. The molecule has 4 rings (SSSR count). The van der Waals surface area contributed by atoms with Crippen molar-refractivity contribution in [1.82, 2.24) is 9.38 Å². The fraction of sp³-hybridized carbons (Fsp3) is 0.409. The monoisotopic (exact) mass is 333 g/mol. The standard InChI is InChI=1S/C22H27N3/c1-22(2,3)17-10-7-16(8-11-17)9-14-19-21(23-18-12-13-18)25-15-5-4-6-20(25)24-19/h4-8,10-11,15,18,23H,9,12-14H2,1-3H3. The number of benzene rings is 1. The van der Waals surface area contributed by atoms with E-state index in [4.69, 9.17) is 4.98 Å². The largest absolute Gasteiger partial charge is 0.367 e. The number of aromatic nitrogens is 2. The van der Waals surface area contributed by atoms with E-state index in [1.54, 1.807) is 0 Å². The lowest BCUT2D eigenvalue weighted by atomic mass is 9.86. The zero-order valence-electron chi connectivity index (χ0n) is 15.4. The number of nitrogens with one attached hydrogen (secondary N) is 1. The Balaban J connectivity index is 1.54. The van der Waals surface area contributed by atoms with Crippen LogP contribution in [-0.2, 0) is 18.3 Å². The molecule has 0 radical (unpaired) electrons. The molecule has 3 nitrogen and oxygen atoms in total. The second kappa shape index (κ2) is 6.21. The lowest BCUT2D eigenvalue weighted by molar-refractivity contribution is 0.590. The number of pyridine rings is 1. The Kier molecular flexibility index (Phi) is 4.03. The highest BCUT2D eigenvalue weighted by Gasteiger charge is 2.24. The fourth-order valence-electron chi connectivity index (χ4n) is 3.23. The van der Waals surface area contributed by atoms with Crippen molar-refractivity contribution in [1.29, 1.82) is 0 Å². The molecule has 3 heteroatoms. The second-order valence-electron chi connectivity index (χ2n) is 8.20. The van der Waals surface area contributed by atoms with E-state index in [-0.39, 0.29) is 5.41 Å². The molecular formula is C22H27N3. The molecule has 1 aliphatic carbocycles. The van der Waals surface area contributed by atoms with Crippen molar-refractivity contribution in [2.75, 3.05) is 5.32 Å². The molecule has 0 aliphatic heterocycles. The van der Waals surface area contributed by atoms with Crippen LogP contribution >= 0.6 is 0 Å². The van der Waals surface area contributed by atoms with E-state index in [0.29, 0.717) is 6.04 Å². The van der Waals surface area contributed by atoms with Crippen LogP contribution in [0.25, 0.3) is 5.65 Å². The molecule has 1 fully saturated rings. The lowest BCUT2D eigenvalue weighted by Gasteiger charge is -2.19. The minimum atomic E-state index is 0.210. The Bertz CT molecular complexity index is 864. The number of hydrogen-bond acceptors (Lipinski definition) is 2. The Labute approximate surface area is 150 Å². The number of hydrogen-bond donors (Lipinski definition) is 1. The molecule has 0 spiro atoms. The summed E-state index contributed by atoms with van der Waals surface area (Å²) in [4.78, 5) is 4.87. The normalized spacial score (nSPS) is 14.8. The van der Waals surface area contributed by atoms with Gasteiger partial charge in [-0.15, -0.1) is 0 Å². The average molecular weight is 333 g/mol. The van der Waals surface area contributed by atoms with Gasteiger partial charge in [-0.05, 0) is 54.4 Å². The van der Waals surface area contributed by atoms with Gasteiger partial charge in [0.05, 0.1) is 5.69 Å². The summed E-state index contributed by atoms with van der Waals surface area (Å²) < 4.78 is 2.19. The van der Waals surface area contributed by atoms with E-state index >= 15 is 0 Å². The molecule has 0 saturated heterocycles. The van der Waals surface area contributed by atoms with Crippen molar-refractivity contribution in [2.45, 2.75) is 57.9 Å². The Morgan fingerprint density at radius 3 is 2.48 bits per heavy atom. The molecule has 0 bridgehead atoms. The molecule has 1 aliphatic rings. The molecule has 25 heavy (non-hydrogen) atoms. The lowest BCUT2D eigenvalue weighted by Crippen LogP contribution is -2.10. The van der Waals surface area contributed by atoms with Gasteiger partial charge >= 0.3 is 0 Å². The van der Waals surface area contributed by atoms with Crippen LogP contribution in [0.3, 0.4) is 0 Å². The maximum Gasteiger partial charge on any atom is 0.138 e.